The summed E-state index contributed by atoms with van der Waals surface area (Å²) in [6, 6.07) is 0. The third kappa shape index (κ3) is 14.2. The third-order valence-electron chi connectivity index (χ3n) is 8.19. The molecule has 26 heteroatoms. The lowest BCUT2D eigenvalue weighted by molar-refractivity contribution is -0.118. The molecule has 6 amide bonds. The van der Waals surface area contributed by atoms with E-state index < -0.39 is 99.4 Å². The smallest absolute Gasteiger partial charge is 0.253 e. The molecule has 2 aromatic rings. The van der Waals surface area contributed by atoms with Crippen LogP contribution in [0.15, 0.2) is 0 Å². The number of hydrogen-bond acceptors (Lipinski definition) is 14. The zero-order chi connectivity index (χ0) is 45.8. The molecular weight excluding hydrogens is 1480 g/mol. The minimum atomic E-state index is -1.83. The maximum atomic E-state index is 13.5. The molecule has 0 aromatic heterocycles. The fraction of sp³-hybridized carbons (Fsp3) is 0.471. The number of anilines is 2. The molecule has 2 rings (SSSR count). The highest BCUT2D eigenvalue weighted by Crippen LogP contribution is 2.40. The van der Waals surface area contributed by atoms with Crippen molar-refractivity contribution in [2.24, 2.45) is 0 Å². The lowest BCUT2D eigenvalue weighted by Crippen LogP contribution is -2.48. The summed E-state index contributed by atoms with van der Waals surface area (Å²) in [5, 5.41) is 90.0. The van der Waals surface area contributed by atoms with Crippen molar-refractivity contribution >= 4 is 182 Å². The summed E-state index contributed by atoms with van der Waals surface area (Å²) in [4.78, 5) is 82.8. The van der Waals surface area contributed by atoms with Crippen LogP contribution < -0.4 is 31.1 Å². The van der Waals surface area contributed by atoms with Crippen LogP contribution in [0.4, 0.5) is 11.4 Å². The van der Waals surface area contributed by atoms with Crippen molar-refractivity contribution in [2.75, 3.05) is 75.5 Å². The van der Waals surface area contributed by atoms with Crippen LogP contribution in [0.1, 0.15) is 55.3 Å². The average Bonchev–Trinajstić information content (AvgIpc) is 3.18. The van der Waals surface area contributed by atoms with Crippen molar-refractivity contribution in [1.82, 2.24) is 21.3 Å². The number of halogens is 6. The topological polar surface area (TPSA) is 319 Å². The van der Waals surface area contributed by atoms with Gasteiger partial charge in [-0.2, -0.15) is 0 Å². The van der Waals surface area contributed by atoms with Crippen molar-refractivity contribution in [1.29, 1.82) is 0 Å². The van der Waals surface area contributed by atoms with Gasteiger partial charge in [-0.15, -0.1) is 0 Å². The lowest BCUT2D eigenvalue weighted by atomic mass is 10.0. The first-order valence-corrected chi connectivity index (χ1v) is 23.9. The molecule has 0 saturated carbocycles. The molecule has 0 bridgehead atoms. The van der Waals surface area contributed by atoms with E-state index in [9.17, 15) is 69.6 Å². The first-order chi connectivity index (χ1) is 28.1. The van der Waals surface area contributed by atoms with E-state index in [0.29, 0.717) is 0 Å². The zero-order valence-corrected chi connectivity index (χ0v) is 44.5. The summed E-state index contributed by atoms with van der Waals surface area (Å²) < 4.78 is 0.844. The number of aliphatic hydroxyl groups excluding tert-OH is 8. The highest BCUT2D eigenvalue weighted by atomic mass is 127. The molecule has 4 unspecified atom stereocenters. The van der Waals surface area contributed by atoms with Crippen molar-refractivity contribution in [3.05, 3.63) is 43.7 Å². The summed E-state index contributed by atoms with van der Waals surface area (Å²) in [6.07, 6.45) is -6.29. The number of carbonyl (C=O) groups excluding carboxylic acids is 6. The summed E-state index contributed by atoms with van der Waals surface area (Å²) >= 11 is 10.7. The van der Waals surface area contributed by atoms with Gasteiger partial charge in [0, 0.05) is 47.2 Å². The molecule has 12 N–H and O–H groups in total. The van der Waals surface area contributed by atoms with Gasteiger partial charge in [-0.25, -0.2) is 0 Å². The molecule has 0 aliphatic heterocycles. The van der Waals surface area contributed by atoms with Gasteiger partial charge in [0.2, 0.25) is 11.8 Å². The van der Waals surface area contributed by atoms with Crippen molar-refractivity contribution in [3.63, 3.8) is 0 Å². The van der Waals surface area contributed by atoms with Crippen LogP contribution in [0.3, 0.4) is 0 Å². The van der Waals surface area contributed by atoms with E-state index in [-0.39, 0.29) is 81.2 Å². The van der Waals surface area contributed by atoms with Gasteiger partial charge >= 0.3 is 0 Å². The van der Waals surface area contributed by atoms with Gasteiger partial charge in [0.25, 0.3) is 23.6 Å². The molecule has 20 nitrogen and oxygen atoms in total. The van der Waals surface area contributed by atoms with Gasteiger partial charge in [-0.1, -0.05) is 0 Å². The Morgan fingerprint density at radius 1 is 0.483 bits per heavy atom. The van der Waals surface area contributed by atoms with Gasteiger partial charge in [0.1, 0.15) is 0 Å². The fourth-order valence-corrected chi connectivity index (χ4v) is 14.6. The molecule has 4 atom stereocenters. The molecule has 0 fully saturated rings. The second kappa shape index (κ2) is 26.3. The summed E-state index contributed by atoms with van der Waals surface area (Å²) in [6.45, 7) is -2.22. The Bertz CT molecular complexity index is 1810. The molecule has 60 heavy (non-hydrogen) atoms. The number of nitrogens with one attached hydrogen (secondary N) is 4. The Labute approximate surface area is 425 Å². The highest BCUT2D eigenvalue weighted by Gasteiger charge is 2.36. The molecule has 0 heterocycles. The van der Waals surface area contributed by atoms with Gasteiger partial charge in [0.15, 0.2) is 0 Å². The van der Waals surface area contributed by atoms with E-state index in [4.69, 9.17) is 0 Å². The highest BCUT2D eigenvalue weighted by molar-refractivity contribution is 14.1. The van der Waals surface area contributed by atoms with Crippen LogP contribution in [0.25, 0.3) is 0 Å². The molecule has 0 aliphatic carbocycles. The number of carbonyl (C=O) groups is 6. The standard InChI is InChI=1S/C34H42I6N6O14/c1-13(51)45(29-25(37)19(31(57)41-3-5-47)23(35)21(27(29)39)33(59)43-7-15(53)11-49)9-17(55)18(56)10-46(14(2)52)30-26(38)20(32(58)42-4-6-48)24(36)22(28(30)40)34(60)44-8-16(54)12-50/h15-18,47-50,53-56H,3-12H2,1-2H3,(H,41,57)(H,42,58)(H,43,59)(H,44,60). The quantitative estimate of drug-likeness (QED) is 0.0672. The van der Waals surface area contributed by atoms with E-state index in [1.54, 1.807) is 136 Å². The summed E-state index contributed by atoms with van der Waals surface area (Å²) in [5.74, 6) is -4.40. The molecular formula is C34H42I6N6O14. The van der Waals surface area contributed by atoms with Crippen LogP contribution in [0, 0.1) is 21.4 Å². The predicted molar refractivity (Wildman–Crippen MR) is 267 cm³/mol. The van der Waals surface area contributed by atoms with Crippen LogP contribution >= 0.6 is 136 Å². The van der Waals surface area contributed by atoms with Crippen molar-refractivity contribution < 1.29 is 69.6 Å². The minimum Gasteiger partial charge on any atom is -0.395 e. The Morgan fingerprint density at radius 2 is 0.750 bits per heavy atom. The monoisotopic (exact) mass is 1520 g/mol. The van der Waals surface area contributed by atoms with Crippen LogP contribution in [-0.2, 0) is 9.59 Å². The molecule has 2 aromatic carbocycles. The van der Waals surface area contributed by atoms with E-state index >= 15 is 0 Å². The number of amides is 6. The Balaban J connectivity index is 2.76. The van der Waals surface area contributed by atoms with Gasteiger partial charge in [0.05, 0.1) is 112 Å². The zero-order valence-electron chi connectivity index (χ0n) is 31.6. The molecule has 0 radical (unpaired) electrons. The minimum absolute atomic E-state index is 0.0111. The van der Waals surface area contributed by atoms with Gasteiger partial charge < -0.3 is 71.9 Å². The van der Waals surface area contributed by atoms with Gasteiger partial charge in [-0.05, 0) is 136 Å². The Hall–Kier alpha value is -0.680. The number of rotatable bonds is 21. The number of nitrogens with zero attached hydrogens (tertiary/aromatic N) is 2. The Kier molecular flexibility index (Phi) is 24.3. The van der Waals surface area contributed by atoms with E-state index in [2.05, 4.69) is 21.3 Å². The molecule has 0 aliphatic rings. The third-order valence-corrected chi connectivity index (χ3v) is 14.6. The first-order valence-electron chi connectivity index (χ1n) is 17.4. The lowest BCUT2D eigenvalue weighted by Gasteiger charge is -2.33. The normalized spacial score (nSPS) is 13.1. The second-order valence-corrected chi connectivity index (χ2v) is 19.0. The summed E-state index contributed by atoms with van der Waals surface area (Å²) in [5.41, 5.74) is -0.343. The number of hydrogen-bond donors (Lipinski definition) is 12. The Morgan fingerprint density at radius 3 is 0.983 bits per heavy atom. The first kappa shape index (κ1) is 55.5. The van der Waals surface area contributed by atoms with E-state index in [0.717, 1.165) is 23.6 Å². The maximum absolute atomic E-state index is 13.5. The summed E-state index contributed by atoms with van der Waals surface area (Å²) in [7, 11) is 0. The van der Waals surface area contributed by atoms with Crippen LogP contribution in [0.2, 0.25) is 0 Å². The predicted octanol–water partition coefficient (Wildman–Crippen LogP) is -0.948. The van der Waals surface area contributed by atoms with Crippen molar-refractivity contribution in [3.8, 4) is 0 Å². The molecule has 0 saturated heterocycles. The second-order valence-electron chi connectivity index (χ2n) is 12.5. The van der Waals surface area contributed by atoms with Crippen molar-refractivity contribution in [2.45, 2.75) is 38.3 Å². The number of benzene rings is 2. The van der Waals surface area contributed by atoms with E-state index in [1.165, 1.54) is 0 Å². The average molecular weight is 1520 g/mol. The van der Waals surface area contributed by atoms with Crippen LogP contribution in [0.5, 0.6) is 0 Å². The fourth-order valence-electron chi connectivity index (χ4n) is 5.19. The number of aliphatic hydroxyl groups is 8. The van der Waals surface area contributed by atoms with Gasteiger partial charge in [-0.3, -0.25) is 28.8 Å². The van der Waals surface area contributed by atoms with Crippen LogP contribution in [-0.4, -0.2) is 166 Å². The van der Waals surface area contributed by atoms with E-state index in [1.807, 2.05) is 0 Å². The SMILES string of the molecule is CC(=O)N(CC(O)C(O)CN(C(C)=O)c1c(I)c(C(=O)NCCO)c(I)c(C(=O)NCC(O)CO)c1I)c1c(I)c(C(=O)NCCO)c(I)c(C(=O)NCC(O)CO)c1I. The largest absolute Gasteiger partial charge is 0.395 e. The molecule has 0 spiro atoms. The molecule has 334 valence electrons. The maximum Gasteiger partial charge on any atom is 0.253 e.